The third-order valence-electron chi connectivity index (χ3n) is 6.64. The van der Waals surface area contributed by atoms with E-state index in [1.807, 2.05) is 11.3 Å². The molecule has 7 rings (SSSR count). The number of anilines is 2. The molecule has 0 aliphatic rings. The lowest BCUT2D eigenvalue weighted by Gasteiger charge is -2.11. The van der Waals surface area contributed by atoms with Crippen LogP contribution in [0.15, 0.2) is 121 Å². The van der Waals surface area contributed by atoms with Gasteiger partial charge in [0.05, 0.1) is 0 Å². The summed E-state index contributed by atoms with van der Waals surface area (Å²) in [6, 6.07) is 43.7. The fraction of sp³-hybridized carbons (Fsp3) is 0. The first kappa shape index (κ1) is 19.3. The number of rotatable bonds is 3. The van der Waals surface area contributed by atoms with Crippen LogP contribution < -0.4 is 5.32 Å². The van der Waals surface area contributed by atoms with E-state index in [0.717, 1.165) is 11.4 Å². The van der Waals surface area contributed by atoms with E-state index in [-0.39, 0.29) is 0 Å². The van der Waals surface area contributed by atoms with Crippen molar-refractivity contribution in [3.05, 3.63) is 121 Å². The van der Waals surface area contributed by atoms with Gasteiger partial charge in [-0.05, 0) is 63.0 Å². The highest BCUT2D eigenvalue weighted by molar-refractivity contribution is 7.26. The summed E-state index contributed by atoms with van der Waals surface area (Å²) in [5.74, 6) is 0. The summed E-state index contributed by atoms with van der Waals surface area (Å²) in [7, 11) is 0. The maximum Gasteiger partial charge on any atom is 0.0433 e. The van der Waals surface area contributed by atoms with Gasteiger partial charge in [-0.25, -0.2) is 0 Å². The monoisotopic (exact) mass is 451 g/mol. The molecule has 2 heteroatoms. The van der Waals surface area contributed by atoms with Crippen LogP contribution in [0.5, 0.6) is 0 Å². The zero-order valence-electron chi connectivity index (χ0n) is 18.5. The average Bonchev–Trinajstić information content (AvgIpc) is 3.28. The molecule has 0 aliphatic carbocycles. The predicted octanol–water partition coefficient (Wildman–Crippen LogP) is 9.77. The van der Waals surface area contributed by atoms with Crippen molar-refractivity contribution >= 4 is 64.4 Å². The van der Waals surface area contributed by atoms with E-state index in [1.165, 1.54) is 52.8 Å². The SMILES string of the molecule is c1ccc2c(c1)ccc1ccc(Nc3ccc(-c4cccc5c4sc4ccccc45)cc3)cc12. The molecule has 0 radical (unpaired) electrons. The van der Waals surface area contributed by atoms with Crippen LogP contribution in [0.1, 0.15) is 0 Å². The van der Waals surface area contributed by atoms with Gasteiger partial charge in [-0.15, -0.1) is 11.3 Å². The molecule has 7 aromatic rings. The van der Waals surface area contributed by atoms with Crippen LogP contribution in [-0.4, -0.2) is 0 Å². The Morgan fingerprint density at radius 1 is 0.471 bits per heavy atom. The van der Waals surface area contributed by atoms with Crippen LogP contribution in [0, 0.1) is 0 Å². The first-order valence-electron chi connectivity index (χ1n) is 11.5. The van der Waals surface area contributed by atoms with E-state index < -0.39 is 0 Å². The molecule has 34 heavy (non-hydrogen) atoms. The van der Waals surface area contributed by atoms with Gasteiger partial charge in [-0.3, -0.25) is 0 Å². The topological polar surface area (TPSA) is 12.0 Å². The van der Waals surface area contributed by atoms with Gasteiger partial charge in [0.2, 0.25) is 0 Å². The Kier molecular flexibility index (Phi) is 4.39. The summed E-state index contributed by atoms with van der Waals surface area (Å²) < 4.78 is 2.69. The molecule has 0 atom stereocenters. The Morgan fingerprint density at radius 3 is 2.03 bits per heavy atom. The first-order valence-corrected chi connectivity index (χ1v) is 12.3. The zero-order chi connectivity index (χ0) is 22.5. The second-order valence-corrected chi connectivity index (χ2v) is 9.76. The Morgan fingerprint density at radius 2 is 1.15 bits per heavy atom. The van der Waals surface area contributed by atoms with Crippen molar-refractivity contribution in [2.45, 2.75) is 0 Å². The minimum atomic E-state index is 1.09. The summed E-state index contributed by atoms with van der Waals surface area (Å²) in [6.45, 7) is 0. The molecule has 0 aliphatic heterocycles. The van der Waals surface area contributed by atoms with Gasteiger partial charge in [0, 0.05) is 31.5 Å². The summed E-state index contributed by atoms with van der Waals surface area (Å²) >= 11 is 1.88. The lowest BCUT2D eigenvalue weighted by atomic mass is 10.0. The van der Waals surface area contributed by atoms with E-state index in [2.05, 4.69) is 127 Å². The van der Waals surface area contributed by atoms with Gasteiger partial charge < -0.3 is 5.32 Å². The second kappa shape index (κ2) is 7.72. The standard InChI is InChI=1S/C32H21NS/c1-2-7-26-21(6-1)12-13-23-16-19-25(20-30(23)26)33-24-17-14-22(15-18-24)27-9-5-10-29-28-8-3-4-11-31(28)34-32(27)29/h1-20,33H. The van der Waals surface area contributed by atoms with E-state index in [1.54, 1.807) is 0 Å². The van der Waals surface area contributed by atoms with Crippen LogP contribution in [0.25, 0.3) is 52.8 Å². The molecular formula is C32H21NS. The molecule has 0 saturated heterocycles. The molecule has 6 aromatic carbocycles. The van der Waals surface area contributed by atoms with Gasteiger partial charge in [0.25, 0.3) is 0 Å². The van der Waals surface area contributed by atoms with Gasteiger partial charge in [-0.1, -0.05) is 91.0 Å². The summed E-state index contributed by atoms with van der Waals surface area (Å²) in [4.78, 5) is 0. The van der Waals surface area contributed by atoms with Crippen molar-refractivity contribution in [1.29, 1.82) is 0 Å². The van der Waals surface area contributed by atoms with Crippen LogP contribution in [0.2, 0.25) is 0 Å². The van der Waals surface area contributed by atoms with Gasteiger partial charge in [0.15, 0.2) is 0 Å². The summed E-state index contributed by atoms with van der Waals surface area (Å²) in [6.07, 6.45) is 0. The highest BCUT2D eigenvalue weighted by Crippen LogP contribution is 2.40. The Labute approximate surface area is 201 Å². The Hall–Kier alpha value is -4.14. The van der Waals surface area contributed by atoms with E-state index >= 15 is 0 Å². The van der Waals surface area contributed by atoms with Crippen LogP contribution >= 0.6 is 11.3 Å². The number of benzene rings is 6. The molecule has 1 aromatic heterocycles. The van der Waals surface area contributed by atoms with Gasteiger partial charge >= 0.3 is 0 Å². The summed E-state index contributed by atoms with van der Waals surface area (Å²) in [5, 5.41) is 11.4. The van der Waals surface area contributed by atoms with Crippen LogP contribution in [-0.2, 0) is 0 Å². The van der Waals surface area contributed by atoms with Crippen molar-refractivity contribution in [2.75, 3.05) is 5.32 Å². The molecule has 160 valence electrons. The predicted molar refractivity (Wildman–Crippen MR) is 150 cm³/mol. The molecule has 0 bridgehead atoms. The maximum absolute atomic E-state index is 3.60. The molecule has 0 unspecified atom stereocenters. The Bertz CT molecular complexity index is 1830. The number of thiophene rings is 1. The number of hydrogen-bond acceptors (Lipinski definition) is 2. The molecule has 1 N–H and O–H groups in total. The second-order valence-electron chi connectivity index (χ2n) is 8.71. The van der Waals surface area contributed by atoms with Crippen molar-refractivity contribution in [3.63, 3.8) is 0 Å². The molecular weight excluding hydrogens is 430 g/mol. The molecule has 0 fully saturated rings. The van der Waals surface area contributed by atoms with E-state index in [9.17, 15) is 0 Å². The van der Waals surface area contributed by atoms with Crippen molar-refractivity contribution < 1.29 is 0 Å². The molecule has 0 saturated carbocycles. The number of nitrogens with one attached hydrogen (secondary N) is 1. The number of hydrogen-bond donors (Lipinski definition) is 1. The molecule has 1 heterocycles. The van der Waals surface area contributed by atoms with Gasteiger partial charge in [0.1, 0.15) is 0 Å². The highest BCUT2D eigenvalue weighted by Gasteiger charge is 2.10. The van der Waals surface area contributed by atoms with Gasteiger partial charge in [-0.2, -0.15) is 0 Å². The minimum Gasteiger partial charge on any atom is -0.356 e. The quantitative estimate of drug-likeness (QED) is 0.264. The number of fused-ring (bicyclic) bond motifs is 6. The lowest BCUT2D eigenvalue weighted by Crippen LogP contribution is -1.90. The largest absolute Gasteiger partial charge is 0.356 e. The van der Waals surface area contributed by atoms with Crippen LogP contribution in [0.3, 0.4) is 0 Å². The zero-order valence-corrected chi connectivity index (χ0v) is 19.3. The fourth-order valence-corrected chi connectivity index (χ4v) is 6.19. The highest BCUT2D eigenvalue weighted by atomic mass is 32.1. The Balaban J connectivity index is 1.24. The van der Waals surface area contributed by atoms with Crippen molar-refractivity contribution in [3.8, 4) is 11.1 Å². The maximum atomic E-state index is 3.60. The molecule has 0 spiro atoms. The van der Waals surface area contributed by atoms with E-state index in [0.29, 0.717) is 0 Å². The van der Waals surface area contributed by atoms with E-state index in [4.69, 9.17) is 0 Å². The third kappa shape index (κ3) is 3.15. The third-order valence-corrected chi connectivity index (χ3v) is 7.86. The first-order chi connectivity index (χ1) is 16.8. The smallest absolute Gasteiger partial charge is 0.0433 e. The van der Waals surface area contributed by atoms with Crippen molar-refractivity contribution in [2.24, 2.45) is 0 Å². The average molecular weight is 452 g/mol. The molecule has 0 amide bonds. The van der Waals surface area contributed by atoms with Crippen molar-refractivity contribution in [1.82, 2.24) is 0 Å². The summed E-state index contributed by atoms with van der Waals surface area (Å²) in [5.41, 5.74) is 4.73. The lowest BCUT2D eigenvalue weighted by molar-refractivity contribution is 1.56. The van der Waals surface area contributed by atoms with Crippen LogP contribution in [0.4, 0.5) is 11.4 Å². The molecule has 1 nitrogen and oxygen atoms in total. The minimum absolute atomic E-state index is 1.09. The normalized spacial score (nSPS) is 11.5. The fourth-order valence-electron chi connectivity index (χ4n) is 4.95.